The summed E-state index contributed by atoms with van der Waals surface area (Å²) in [7, 11) is 0. The van der Waals surface area contributed by atoms with Crippen molar-refractivity contribution in [2.45, 2.75) is 26.5 Å². The lowest BCUT2D eigenvalue weighted by Gasteiger charge is -2.35. The summed E-state index contributed by atoms with van der Waals surface area (Å²) in [6.45, 7) is 8.11. The van der Waals surface area contributed by atoms with Crippen LogP contribution < -0.4 is 14.5 Å². The largest absolute Gasteiger partial charge is 0.475 e. The van der Waals surface area contributed by atoms with Crippen LogP contribution in [-0.4, -0.2) is 57.9 Å². The van der Waals surface area contributed by atoms with E-state index in [2.05, 4.69) is 35.8 Å². The summed E-state index contributed by atoms with van der Waals surface area (Å²) in [5.41, 5.74) is 4.26. The Hall–Kier alpha value is -3.55. The molecule has 0 radical (unpaired) electrons. The van der Waals surface area contributed by atoms with Crippen molar-refractivity contribution >= 4 is 17.5 Å². The lowest BCUT2D eigenvalue weighted by Crippen LogP contribution is -2.47. The molecule has 5 heterocycles. The van der Waals surface area contributed by atoms with E-state index in [0.29, 0.717) is 12.4 Å². The van der Waals surface area contributed by atoms with Crippen molar-refractivity contribution in [1.29, 1.82) is 0 Å². The highest BCUT2D eigenvalue weighted by Gasteiger charge is 2.23. The molecule has 0 unspecified atom stereocenters. The molecule has 5 rings (SSSR count). The molecule has 0 aliphatic carbocycles. The molecule has 3 aromatic heterocycles. The van der Waals surface area contributed by atoms with Crippen LogP contribution in [-0.2, 0) is 6.54 Å². The van der Waals surface area contributed by atoms with Crippen LogP contribution in [0.25, 0.3) is 0 Å². The van der Waals surface area contributed by atoms with Crippen LogP contribution in [0.1, 0.15) is 30.5 Å². The Kier molecular flexibility index (Phi) is 5.19. The molecule has 1 saturated heterocycles. The fourth-order valence-electron chi connectivity index (χ4n) is 3.94. The highest BCUT2D eigenvalue weighted by Crippen LogP contribution is 2.27. The number of pyridine rings is 2. The smallest absolute Gasteiger partial charge is 0.225 e. The van der Waals surface area contributed by atoms with E-state index in [1.54, 1.807) is 12.4 Å². The van der Waals surface area contributed by atoms with Crippen molar-refractivity contribution in [3.05, 3.63) is 65.7 Å². The monoisotopic (exact) mass is 415 g/mol. The quantitative estimate of drug-likeness (QED) is 0.634. The van der Waals surface area contributed by atoms with Crippen molar-refractivity contribution < 1.29 is 4.74 Å². The predicted molar refractivity (Wildman–Crippen MR) is 120 cm³/mol. The Balaban J connectivity index is 1.33. The van der Waals surface area contributed by atoms with Gasteiger partial charge in [0.15, 0.2) is 0 Å². The first kappa shape index (κ1) is 19.4. The van der Waals surface area contributed by atoms with Crippen LogP contribution in [0.5, 0.6) is 5.88 Å². The predicted octanol–water partition coefficient (Wildman–Crippen LogP) is 2.73. The normalized spacial score (nSPS) is 15.8. The maximum atomic E-state index is 5.79. The Morgan fingerprint density at radius 1 is 0.903 bits per heavy atom. The van der Waals surface area contributed by atoms with Gasteiger partial charge in [-0.1, -0.05) is 0 Å². The molecular formula is C23H25N7O. The van der Waals surface area contributed by atoms with Gasteiger partial charge in [-0.25, -0.2) is 19.9 Å². The number of nitrogens with zero attached hydrogens (tertiary/aromatic N) is 7. The van der Waals surface area contributed by atoms with Gasteiger partial charge in [0.05, 0.1) is 18.4 Å². The molecule has 0 bridgehead atoms. The Bertz CT molecular complexity index is 1090. The minimum absolute atomic E-state index is 0.0832. The second kappa shape index (κ2) is 8.29. The number of fused-ring (bicyclic) bond motifs is 1. The molecule has 3 aromatic rings. The number of anilines is 2. The van der Waals surface area contributed by atoms with E-state index >= 15 is 0 Å². The molecule has 1 fully saturated rings. The SMILES string of the molecule is CC(C)Oc1cc2c(cn1)CN=C2c1ccnc(N2CCN(c3ncccn3)CC2)c1. The fourth-order valence-corrected chi connectivity index (χ4v) is 3.94. The lowest BCUT2D eigenvalue weighted by molar-refractivity contribution is 0.232. The molecule has 8 nitrogen and oxygen atoms in total. The zero-order valence-corrected chi connectivity index (χ0v) is 17.8. The third kappa shape index (κ3) is 4.05. The van der Waals surface area contributed by atoms with Gasteiger partial charge in [-0.3, -0.25) is 4.99 Å². The Labute approximate surface area is 181 Å². The first-order valence-electron chi connectivity index (χ1n) is 10.6. The van der Waals surface area contributed by atoms with E-state index in [9.17, 15) is 0 Å². The van der Waals surface area contributed by atoms with E-state index in [0.717, 1.165) is 60.3 Å². The van der Waals surface area contributed by atoms with Gasteiger partial charge < -0.3 is 14.5 Å². The topological polar surface area (TPSA) is 79.6 Å². The summed E-state index contributed by atoms with van der Waals surface area (Å²) >= 11 is 0. The van der Waals surface area contributed by atoms with Gasteiger partial charge in [0.2, 0.25) is 11.8 Å². The number of hydrogen-bond acceptors (Lipinski definition) is 8. The van der Waals surface area contributed by atoms with E-state index < -0.39 is 0 Å². The van der Waals surface area contributed by atoms with Gasteiger partial charge in [0.1, 0.15) is 5.82 Å². The summed E-state index contributed by atoms with van der Waals surface area (Å²) in [6.07, 6.45) is 7.39. The van der Waals surface area contributed by atoms with Crippen molar-refractivity contribution in [3.63, 3.8) is 0 Å². The van der Waals surface area contributed by atoms with Gasteiger partial charge in [-0.05, 0) is 32.0 Å². The molecule has 8 heteroatoms. The summed E-state index contributed by atoms with van der Waals surface area (Å²) in [6, 6.07) is 7.99. The van der Waals surface area contributed by atoms with Crippen molar-refractivity contribution in [2.75, 3.05) is 36.0 Å². The first-order valence-corrected chi connectivity index (χ1v) is 10.6. The third-order valence-corrected chi connectivity index (χ3v) is 5.44. The second-order valence-electron chi connectivity index (χ2n) is 7.94. The molecule has 0 saturated carbocycles. The molecule has 0 amide bonds. The van der Waals surface area contributed by atoms with Crippen molar-refractivity contribution in [1.82, 2.24) is 19.9 Å². The molecule has 2 aliphatic rings. The maximum Gasteiger partial charge on any atom is 0.225 e. The van der Waals surface area contributed by atoms with Gasteiger partial charge in [0.25, 0.3) is 0 Å². The maximum absolute atomic E-state index is 5.79. The first-order chi connectivity index (χ1) is 15.2. The summed E-state index contributed by atoms with van der Waals surface area (Å²) < 4.78 is 5.79. The Morgan fingerprint density at radius 2 is 1.68 bits per heavy atom. The summed E-state index contributed by atoms with van der Waals surface area (Å²) in [5.74, 6) is 2.39. The summed E-state index contributed by atoms with van der Waals surface area (Å²) in [5, 5.41) is 0. The number of hydrogen-bond donors (Lipinski definition) is 0. The number of rotatable bonds is 5. The van der Waals surface area contributed by atoms with Gasteiger partial charge in [0, 0.05) is 73.7 Å². The zero-order chi connectivity index (χ0) is 21.2. The molecular weight excluding hydrogens is 390 g/mol. The van der Waals surface area contributed by atoms with E-state index in [1.165, 1.54) is 0 Å². The molecule has 0 spiro atoms. The van der Waals surface area contributed by atoms with Crippen LogP contribution in [0, 0.1) is 0 Å². The number of piperazine rings is 1. The minimum Gasteiger partial charge on any atom is -0.475 e. The number of aliphatic imine (C=N–C) groups is 1. The second-order valence-corrected chi connectivity index (χ2v) is 7.94. The van der Waals surface area contributed by atoms with E-state index in [1.807, 2.05) is 44.4 Å². The number of ether oxygens (including phenoxy) is 1. The highest BCUT2D eigenvalue weighted by molar-refractivity contribution is 6.15. The van der Waals surface area contributed by atoms with Crippen LogP contribution in [0.3, 0.4) is 0 Å². The average Bonchev–Trinajstić information content (AvgIpc) is 3.23. The van der Waals surface area contributed by atoms with Crippen LogP contribution in [0.4, 0.5) is 11.8 Å². The van der Waals surface area contributed by atoms with Crippen molar-refractivity contribution in [3.8, 4) is 5.88 Å². The molecule has 31 heavy (non-hydrogen) atoms. The number of aromatic nitrogens is 4. The Morgan fingerprint density at radius 3 is 2.45 bits per heavy atom. The molecule has 0 aromatic carbocycles. The van der Waals surface area contributed by atoms with Crippen LogP contribution in [0.2, 0.25) is 0 Å². The summed E-state index contributed by atoms with van der Waals surface area (Å²) in [4.78, 5) is 27.1. The standard InChI is InChI=1S/C23H25N7O/c1-16(2)31-21-13-19-18(14-27-21)15-28-22(19)17-4-7-24-20(12-17)29-8-10-30(11-9-29)23-25-5-3-6-26-23/h3-7,12-14,16H,8-11,15H2,1-2H3. The molecule has 0 N–H and O–H groups in total. The van der Waals surface area contributed by atoms with Crippen LogP contribution >= 0.6 is 0 Å². The minimum atomic E-state index is 0.0832. The van der Waals surface area contributed by atoms with E-state index in [4.69, 9.17) is 9.73 Å². The molecule has 158 valence electrons. The van der Waals surface area contributed by atoms with E-state index in [-0.39, 0.29) is 6.10 Å². The fraction of sp³-hybridized carbons (Fsp3) is 0.348. The zero-order valence-electron chi connectivity index (χ0n) is 17.8. The van der Waals surface area contributed by atoms with Crippen molar-refractivity contribution in [2.24, 2.45) is 4.99 Å². The van der Waals surface area contributed by atoms with Gasteiger partial charge in [-0.2, -0.15) is 0 Å². The average molecular weight is 416 g/mol. The lowest BCUT2D eigenvalue weighted by atomic mass is 10.0. The third-order valence-electron chi connectivity index (χ3n) is 5.44. The molecule has 2 aliphatic heterocycles. The van der Waals surface area contributed by atoms with Gasteiger partial charge >= 0.3 is 0 Å². The van der Waals surface area contributed by atoms with Gasteiger partial charge in [-0.15, -0.1) is 0 Å². The molecule has 0 atom stereocenters. The van der Waals surface area contributed by atoms with Crippen LogP contribution in [0.15, 0.2) is 54.0 Å². The highest BCUT2D eigenvalue weighted by atomic mass is 16.5.